The molecule has 90 valence electrons. The van der Waals surface area contributed by atoms with Gasteiger partial charge < -0.3 is 9.84 Å². The Balaban J connectivity index is 2.29. The molecule has 3 nitrogen and oxygen atoms in total. The monoisotopic (exact) mass is 239 g/mol. The highest BCUT2D eigenvalue weighted by molar-refractivity contribution is 5.47. The zero-order valence-electron chi connectivity index (χ0n) is 10.1. The number of aliphatic hydroxyl groups excluding tert-OH is 1. The van der Waals surface area contributed by atoms with Crippen molar-refractivity contribution >= 4 is 0 Å². The van der Waals surface area contributed by atoms with Gasteiger partial charge in [-0.3, -0.25) is 0 Å². The van der Waals surface area contributed by atoms with E-state index in [1.165, 1.54) is 0 Å². The predicted octanol–water partition coefficient (Wildman–Crippen LogP) is 3.15. The van der Waals surface area contributed by atoms with Crippen LogP contribution in [0.5, 0.6) is 11.5 Å². The lowest BCUT2D eigenvalue weighted by Gasteiger charge is -2.08. The van der Waals surface area contributed by atoms with Crippen LogP contribution in [0.3, 0.4) is 0 Å². The fraction of sp³-hybridized carbons (Fsp3) is 0.133. The molecule has 0 aromatic heterocycles. The topological polar surface area (TPSA) is 53.2 Å². The van der Waals surface area contributed by atoms with Gasteiger partial charge in [-0.15, -0.1) is 0 Å². The van der Waals surface area contributed by atoms with Crippen molar-refractivity contribution in [3.8, 4) is 17.6 Å². The summed E-state index contributed by atoms with van der Waals surface area (Å²) < 4.78 is 5.65. The standard InChI is InChI=1S/C15H13NO2/c1-11-2-5-14(6-3-11)18-15-7-4-12(10-17)8-13(15)9-16/h2-8,17H,10H2,1H3. The van der Waals surface area contributed by atoms with E-state index in [0.717, 1.165) is 5.56 Å². The molecule has 2 aromatic carbocycles. The molecule has 0 saturated carbocycles. The third-order valence-electron chi connectivity index (χ3n) is 2.60. The largest absolute Gasteiger partial charge is 0.456 e. The van der Waals surface area contributed by atoms with Crippen molar-refractivity contribution < 1.29 is 9.84 Å². The van der Waals surface area contributed by atoms with Gasteiger partial charge in [0.1, 0.15) is 17.6 Å². The zero-order chi connectivity index (χ0) is 13.0. The molecular weight excluding hydrogens is 226 g/mol. The Morgan fingerprint density at radius 2 is 1.89 bits per heavy atom. The van der Waals surface area contributed by atoms with E-state index in [-0.39, 0.29) is 6.61 Å². The Labute approximate surface area is 106 Å². The van der Waals surface area contributed by atoms with E-state index in [1.807, 2.05) is 31.2 Å². The number of ether oxygens (including phenoxy) is 1. The summed E-state index contributed by atoms with van der Waals surface area (Å²) in [4.78, 5) is 0. The molecule has 0 aliphatic rings. The number of aryl methyl sites for hydroxylation is 1. The third kappa shape index (κ3) is 2.68. The highest BCUT2D eigenvalue weighted by Gasteiger charge is 2.05. The number of benzene rings is 2. The van der Waals surface area contributed by atoms with Gasteiger partial charge in [-0.1, -0.05) is 23.8 Å². The minimum absolute atomic E-state index is 0.0838. The molecule has 3 heteroatoms. The van der Waals surface area contributed by atoms with E-state index in [0.29, 0.717) is 22.6 Å². The molecule has 2 aromatic rings. The number of aliphatic hydroxyl groups is 1. The van der Waals surface area contributed by atoms with E-state index in [1.54, 1.807) is 18.2 Å². The highest BCUT2D eigenvalue weighted by Crippen LogP contribution is 2.26. The Morgan fingerprint density at radius 1 is 1.17 bits per heavy atom. The molecule has 0 spiro atoms. The van der Waals surface area contributed by atoms with Gasteiger partial charge in [-0.05, 0) is 36.8 Å². The molecule has 0 fully saturated rings. The van der Waals surface area contributed by atoms with Gasteiger partial charge >= 0.3 is 0 Å². The van der Waals surface area contributed by atoms with Crippen molar-refractivity contribution in [1.82, 2.24) is 0 Å². The van der Waals surface area contributed by atoms with E-state index in [2.05, 4.69) is 6.07 Å². The van der Waals surface area contributed by atoms with E-state index in [9.17, 15) is 0 Å². The van der Waals surface area contributed by atoms with Gasteiger partial charge in [0.25, 0.3) is 0 Å². The number of hydrogen-bond donors (Lipinski definition) is 1. The normalized spacial score (nSPS) is 9.83. The zero-order valence-corrected chi connectivity index (χ0v) is 10.1. The number of hydrogen-bond acceptors (Lipinski definition) is 3. The first kappa shape index (κ1) is 12.2. The van der Waals surface area contributed by atoms with Gasteiger partial charge in [0.05, 0.1) is 12.2 Å². The summed E-state index contributed by atoms with van der Waals surface area (Å²) in [5.74, 6) is 1.19. The second-order valence-electron chi connectivity index (χ2n) is 4.02. The Morgan fingerprint density at radius 3 is 2.50 bits per heavy atom. The molecule has 2 rings (SSSR count). The number of nitriles is 1. The third-order valence-corrected chi connectivity index (χ3v) is 2.60. The summed E-state index contributed by atoms with van der Waals surface area (Å²) in [6, 6.07) is 14.7. The highest BCUT2D eigenvalue weighted by atomic mass is 16.5. The molecule has 1 N–H and O–H groups in total. The van der Waals surface area contributed by atoms with Crippen LogP contribution in [0, 0.1) is 18.3 Å². The van der Waals surface area contributed by atoms with Crippen LogP contribution < -0.4 is 4.74 Å². The van der Waals surface area contributed by atoms with E-state index in [4.69, 9.17) is 15.1 Å². The number of nitrogens with zero attached hydrogens (tertiary/aromatic N) is 1. The maximum Gasteiger partial charge on any atom is 0.145 e. The van der Waals surface area contributed by atoms with Crippen molar-refractivity contribution in [2.75, 3.05) is 0 Å². The summed E-state index contributed by atoms with van der Waals surface area (Å²) in [7, 11) is 0. The van der Waals surface area contributed by atoms with Gasteiger partial charge in [0.2, 0.25) is 0 Å². The van der Waals surface area contributed by atoms with E-state index < -0.39 is 0 Å². The Hall–Kier alpha value is -2.31. The summed E-state index contributed by atoms with van der Waals surface area (Å²) in [6.45, 7) is 1.92. The SMILES string of the molecule is Cc1ccc(Oc2ccc(CO)cc2C#N)cc1. The van der Waals surface area contributed by atoms with Gasteiger partial charge in [-0.2, -0.15) is 5.26 Å². The first-order chi connectivity index (χ1) is 8.72. The molecule has 0 atom stereocenters. The van der Waals surface area contributed by atoms with Crippen LogP contribution in [0.1, 0.15) is 16.7 Å². The molecule has 0 amide bonds. The summed E-state index contributed by atoms with van der Waals surface area (Å²) in [6.07, 6.45) is 0. The fourth-order valence-electron chi connectivity index (χ4n) is 1.59. The van der Waals surface area contributed by atoms with E-state index >= 15 is 0 Å². The van der Waals surface area contributed by atoms with Crippen molar-refractivity contribution in [1.29, 1.82) is 5.26 Å². The van der Waals surface area contributed by atoms with Gasteiger partial charge in [0, 0.05) is 0 Å². The van der Waals surface area contributed by atoms with Gasteiger partial charge in [-0.25, -0.2) is 0 Å². The van der Waals surface area contributed by atoms with Crippen LogP contribution in [0.4, 0.5) is 0 Å². The lowest BCUT2D eigenvalue weighted by Crippen LogP contribution is -1.91. The molecule has 0 saturated heterocycles. The summed E-state index contributed by atoms with van der Waals surface area (Å²) in [5, 5.41) is 18.1. The predicted molar refractivity (Wildman–Crippen MR) is 68.3 cm³/mol. The minimum atomic E-state index is -0.0838. The second-order valence-corrected chi connectivity index (χ2v) is 4.02. The van der Waals surface area contributed by atoms with Gasteiger partial charge in [0.15, 0.2) is 0 Å². The Bertz CT molecular complexity index is 582. The molecule has 0 aliphatic heterocycles. The summed E-state index contributed by atoms with van der Waals surface area (Å²) in [5.41, 5.74) is 2.27. The minimum Gasteiger partial charge on any atom is -0.456 e. The molecule has 0 aliphatic carbocycles. The maximum absolute atomic E-state index is 9.05. The van der Waals surface area contributed by atoms with Crippen LogP contribution in [0.15, 0.2) is 42.5 Å². The molecule has 0 unspecified atom stereocenters. The molecule has 0 heterocycles. The molecule has 18 heavy (non-hydrogen) atoms. The van der Waals surface area contributed by atoms with Crippen LogP contribution in [0.25, 0.3) is 0 Å². The first-order valence-electron chi connectivity index (χ1n) is 5.61. The lowest BCUT2D eigenvalue weighted by atomic mass is 10.1. The summed E-state index contributed by atoms with van der Waals surface area (Å²) >= 11 is 0. The fourth-order valence-corrected chi connectivity index (χ4v) is 1.59. The molecule has 0 radical (unpaired) electrons. The van der Waals surface area contributed by atoms with Crippen LogP contribution in [-0.4, -0.2) is 5.11 Å². The van der Waals surface area contributed by atoms with Crippen molar-refractivity contribution in [3.63, 3.8) is 0 Å². The Kier molecular flexibility index (Phi) is 3.61. The molecule has 0 bridgehead atoms. The van der Waals surface area contributed by atoms with Crippen LogP contribution in [0.2, 0.25) is 0 Å². The van der Waals surface area contributed by atoms with Crippen LogP contribution in [-0.2, 0) is 6.61 Å². The van der Waals surface area contributed by atoms with Crippen molar-refractivity contribution in [3.05, 3.63) is 59.2 Å². The average molecular weight is 239 g/mol. The average Bonchev–Trinajstić information content (AvgIpc) is 2.41. The maximum atomic E-state index is 9.05. The van der Waals surface area contributed by atoms with Crippen molar-refractivity contribution in [2.24, 2.45) is 0 Å². The first-order valence-corrected chi connectivity index (χ1v) is 5.61. The molecular formula is C15H13NO2. The quantitative estimate of drug-likeness (QED) is 0.895. The van der Waals surface area contributed by atoms with Crippen LogP contribution >= 0.6 is 0 Å². The van der Waals surface area contributed by atoms with Crippen molar-refractivity contribution in [2.45, 2.75) is 13.5 Å². The lowest BCUT2D eigenvalue weighted by molar-refractivity contribution is 0.281. The number of rotatable bonds is 3. The smallest absolute Gasteiger partial charge is 0.145 e. The second kappa shape index (κ2) is 5.35.